The summed E-state index contributed by atoms with van der Waals surface area (Å²) in [6.07, 6.45) is 72.8. The molecule has 0 aromatic rings. The number of aliphatic hydroxyl groups excluding tert-OH is 2. The second kappa shape index (κ2) is 57.4. The number of nitrogens with one attached hydrogen (secondary N) is 1. The van der Waals surface area contributed by atoms with E-state index in [0.717, 1.165) is 103 Å². The Morgan fingerprint density at radius 1 is 0.412 bits per heavy atom. The van der Waals surface area contributed by atoms with E-state index in [0.29, 0.717) is 19.4 Å². The minimum atomic E-state index is -0.864. The normalized spacial score (nSPS) is 12.9. The fourth-order valence-electron chi connectivity index (χ4n) is 8.95. The first-order valence-corrected chi connectivity index (χ1v) is 29.9. The van der Waals surface area contributed by atoms with Gasteiger partial charge in [0, 0.05) is 12.8 Å². The highest BCUT2D eigenvalue weighted by atomic mass is 16.5. The molecule has 398 valence electrons. The average Bonchev–Trinajstić information content (AvgIpc) is 3.34. The predicted octanol–water partition coefficient (Wildman–Crippen LogP) is 18.6. The summed E-state index contributed by atoms with van der Waals surface area (Å²) in [4.78, 5) is 24.5. The predicted molar refractivity (Wildman–Crippen MR) is 296 cm³/mol. The number of allylic oxidation sites excluding steroid dienone is 7. The minimum Gasteiger partial charge on any atom is -0.466 e. The number of esters is 1. The third-order valence-corrected chi connectivity index (χ3v) is 13.6. The maximum Gasteiger partial charge on any atom is 0.305 e. The number of carbonyl (C=O) groups excluding carboxylic acids is 2. The first-order chi connectivity index (χ1) is 33.5. The summed E-state index contributed by atoms with van der Waals surface area (Å²) in [5.74, 6) is -0.131. The number of aliphatic hydroxyl groups is 2. The summed E-state index contributed by atoms with van der Waals surface area (Å²) in [5, 5.41) is 23.2. The highest BCUT2D eigenvalue weighted by Crippen LogP contribution is 2.17. The van der Waals surface area contributed by atoms with Crippen LogP contribution in [0.5, 0.6) is 0 Å². The zero-order valence-corrected chi connectivity index (χ0v) is 45.3. The van der Waals surface area contributed by atoms with Gasteiger partial charge in [-0.1, -0.05) is 249 Å². The van der Waals surface area contributed by atoms with Crippen molar-refractivity contribution >= 4 is 11.9 Å². The number of rotatable bonds is 55. The van der Waals surface area contributed by atoms with Crippen molar-refractivity contribution in [2.75, 3.05) is 13.2 Å². The fraction of sp³-hybridized carbons (Fsp3) is 0.839. The Bertz CT molecular complexity index is 1150. The van der Waals surface area contributed by atoms with Crippen molar-refractivity contribution in [3.8, 4) is 0 Å². The molecule has 0 rings (SSSR count). The Morgan fingerprint density at radius 2 is 0.735 bits per heavy atom. The van der Waals surface area contributed by atoms with Crippen molar-refractivity contribution in [1.82, 2.24) is 5.32 Å². The van der Waals surface area contributed by atoms with Gasteiger partial charge in [0.05, 0.1) is 25.4 Å². The molecule has 0 saturated heterocycles. The molecule has 0 aliphatic heterocycles. The van der Waals surface area contributed by atoms with Gasteiger partial charge < -0.3 is 20.3 Å². The monoisotopic (exact) mass is 954 g/mol. The van der Waals surface area contributed by atoms with E-state index in [9.17, 15) is 19.8 Å². The summed E-state index contributed by atoms with van der Waals surface area (Å²) in [7, 11) is 0. The average molecular weight is 955 g/mol. The van der Waals surface area contributed by atoms with Crippen molar-refractivity contribution in [3.05, 3.63) is 48.6 Å². The van der Waals surface area contributed by atoms with Crippen LogP contribution in [0.2, 0.25) is 0 Å². The molecule has 6 nitrogen and oxygen atoms in total. The lowest BCUT2D eigenvalue weighted by Crippen LogP contribution is -2.45. The molecule has 0 heterocycles. The molecule has 0 fully saturated rings. The zero-order chi connectivity index (χ0) is 49.3. The SMILES string of the molecule is CCCCC/C=C\C/C=C\CCCCCCCC(=O)OCCCCC/C=C\CCCCCCCC(=O)NC(CO)C(O)/C=C/CCCCCCCCCCCCCCCCCCCCCCCC. The second-order valence-corrected chi connectivity index (χ2v) is 20.3. The van der Waals surface area contributed by atoms with E-state index in [4.69, 9.17) is 4.74 Å². The van der Waals surface area contributed by atoms with Crippen LogP contribution in [-0.2, 0) is 14.3 Å². The van der Waals surface area contributed by atoms with Crippen molar-refractivity contribution in [2.24, 2.45) is 0 Å². The van der Waals surface area contributed by atoms with Gasteiger partial charge in [0.2, 0.25) is 5.91 Å². The maximum atomic E-state index is 12.5. The molecule has 3 N–H and O–H groups in total. The van der Waals surface area contributed by atoms with Gasteiger partial charge >= 0.3 is 5.97 Å². The molecule has 2 unspecified atom stereocenters. The molecule has 0 aromatic heterocycles. The lowest BCUT2D eigenvalue weighted by molar-refractivity contribution is -0.143. The first-order valence-electron chi connectivity index (χ1n) is 29.9. The van der Waals surface area contributed by atoms with Crippen LogP contribution in [0, 0.1) is 0 Å². The second-order valence-electron chi connectivity index (χ2n) is 20.3. The Hall–Kier alpha value is -2.18. The van der Waals surface area contributed by atoms with Gasteiger partial charge in [-0.15, -0.1) is 0 Å². The molecular formula is C62H115NO5. The van der Waals surface area contributed by atoms with Gasteiger partial charge in [-0.3, -0.25) is 9.59 Å². The molecule has 0 radical (unpaired) electrons. The smallest absolute Gasteiger partial charge is 0.305 e. The lowest BCUT2D eigenvalue weighted by Gasteiger charge is -2.20. The molecule has 1 amide bonds. The Kier molecular flexibility index (Phi) is 55.6. The molecule has 0 aliphatic carbocycles. The molecule has 0 spiro atoms. The van der Waals surface area contributed by atoms with Gasteiger partial charge in [-0.2, -0.15) is 0 Å². The van der Waals surface area contributed by atoms with E-state index in [2.05, 4.69) is 55.6 Å². The highest BCUT2D eigenvalue weighted by molar-refractivity contribution is 5.76. The summed E-state index contributed by atoms with van der Waals surface area (Å²) in [5.41, 5.74) is 0. The summed E-state index contributed by atoms with van der Waals surface area (Å²) in [6.45, 7) is 4.82. The molecule has 68 heavy (non-hydrogen) atoms. The largest absolute Gasteiger partial charge is 0.466 e. The van der Waals surface area contributed by atoms with Crippen molar-refractivity contribution in [3.63, 3.8) is 0 Å². The van der Waals surface area contributed by atoms with Crippen molar-refractivity contribution in [2.45, 2.75) is 321 Å². The van der Waals surface area contributed by atoms with Crippen molar-refractivity contribution < 1.29 is 24.5 Å². The molecule has 0 saturated carbocycles. The van der Waals surface area contributed by atoms with Gasteiger partial charge in [0.1, 0.15) is 0 Å². The van der Waals surface area contributed by atoms with E-state index in [1.54, 1.807) is 6.08 Å². The van der Waals surface area contributed by atoms with Crippen LogP contribution >= 0.6 is 0 Å². The van der Waals surface area contributed by atoms with Gasteiger partial charge in [0.15, 0.2) is 0 Å². The number of amides is 1. The van der Waals surface area contributed by atoms with E-state index in [-0.39, 0.29) is 18.5 Å². The Morgan fingerprint density at radius 3 is 1.16 bits per heavy atom. The standard InChI is InChI=1S/C62H115NO5/c1-3-5-7-9-11-13-15-17-19-20-21-22-23-24-25-26-27-29-30-34-38-42-46-50-54-60(65)59(58-64)63-61(66)55-51-47-43-39-35-32-33-37-41-45-49-53-57-68-62(67)56-52-48-44-40-36-31-28-18-16-14-12-10-8-6-4-2/h12,14,18,28,33,37,50,54,59-60,64-65H,3-11,13,15-17,19-27,29-32,34-36,38-49,51-53,55-58H2,1-2H3,(H,63,66)/b14-12-,28-18-,37-33-,54-50+. The van der Waals surface area contributed by atoms with E-state index in [1.807, 2.05) is 6.08 Å². The lowest BCUT2D eigenvalue weighted by atomic mass is 10.0. The zero-order valence-electron chi connectivity index (χ0n) is 45.3. The Labute approximate surface area is 423 Å². The van der Waals surface area contributed by atoms with Crippen molar-refractivity contribution in [1.29, 1.82) is 0 Å². The van der Waals surface area contributed by atoms with Crippen LogP contribution in [0.15, 0.2) is 48.6 Å². The third-order valence-electron chi connectivity index (χ3n) is 13.6. The van der Waals surface area contributed by atoms with Crippen LogP contribution in [0.25, 0.3) is 0 Å². The van der Waals surface area contributed by atoms with E-state index < -0.39 is 12.1 Å². The minimum absolute atomic E-state index is 0.0383. The highest BCUT2D eigenvalue weighted by Gasteiger charge is 2.18. The summed E-state index contributed by atoms with van der Waals surface area (Å²) >= 11 is 0. The van der Waals surface area contributed by atoms with Crippen LogP contribution in [0.3, 0.4) is 0 Å². The van der Waals surface area contributed by atoms with Crippen LogP contribution in [0.1, 0.15) is 309 Å². The van der Waals surface area contributed by atoms with Crippen LogP contribution in [0.4, 0.5) is 0 Å². The van der Waals surface area contributed by atoms with Gasteiger partial charge in [-0.25, -0.2) is 0 Å². The third kappa shape index (κ3) is 53.2. The fourth-order valence-corrected chi connectivity index (χ4v) is 8.95. The molecule has 0 aromatic carbocycles. The molecular weight excluding hydrogens is 839 g/mol. The number of carbonyl (C=O) groups is 2. The van der Waals surface area contributed by atoms with Crippen LogP contribution < -0.4 is 5.32 Å². The van der Waals surface area contributed by atoms with E-state index in [1.165, 1.54) is 180 Å². The van der Waals surface area contributed by atoms with Crippen LogP contribution in [-0.4, -0.2) is 47.4 Å². The Balaban J connectivity index is 3.54. The molecule has 6 heteroatoms. The number of unbranched alkanes of at least 4 members (excludes halogenated alkanes) is 38. The topological polar surface area (TPSA) is 95.9 Å². The molecule has 2 atom stereocenters. The summed E-state index contributed by atoms with van der Waals surface area (Å²) in [6, 6.07) is -0.650. The first kappa shape index (κ1) is 65.8. The molecule has 0 aliphatic rings. The maximum absolute atomic E-state index is 12.5. The molecule has 0 bridgehead atoms. The quantitative estimate of drug-likeness (QED) is 0.0321. The van der Waals surface area contributed by atoms with E-state index >= 15 is 0 Å². The number of ether oxygens (including phenoxy) is 1. The van der Waals surface area contributed by atoms with Gasteiger partial charge in [-0.05, 0) is 96.3 Å². The number of hydrogen-bond acceptors (Lipinski definition) is 5. The van der Waals surface area contributed by atoms with Gasteiger partial charge in [0.25, 0.3) is 0 Å². The summed E-state index contributed by atoms with van der Waals surface area (Å²) < 4.78 is 5.44. The number of hydrogen-bond donors (Lipinski definition) is 3.